The maximum atomic E-state index is 13.2. The van der Waals surface area contributed by atoms with Gasteiger partial charge in [-0.3, -0.25) is 14.5 Å². The second kappa shape index (κ2) is 11.3. The molecule has 4 heterocycles. The summed E-state index contributed by atoms with van der Waals surface area (Å²) < 4.78 is 32.6. The van der Waals surface area contributed by atoms with E-state index < -0.39 is 47.9 Å². The Morgan fingerprint density at radius 3 is 2.84 bits per heavy atom. The smallest absolute Gasteiger partial charge is 0.292 e. The monoisotopic (exact) mass is 573 g/mol. The number of hydrogen-bond acceptors (Lipinski definition) is 13. The van der Waals surface area contributed by atoms with Crippen molar-refractivity contribution in [3.63, 3.8) is 0 Å². The number of hydrogen-bond donors (Lipinski definition) is 4. The highest BCUT2D eigenvalue weighted by Crippen LogP contribution is 2.40. The normalized spacial score (nSPS) is 20.1. The third-order valence-corrected chi connectivity index (χ3v) is 7.35. The van der Waals surface area contributed by atoms with E-state index in [0.29, 0.717) is 22.9 Å². The standard InChI is InChI=1S/C19H21F2N9O6S2/c20-5-9(21)36-26-11(14-25-19(23)38-27-14)15(32)24-12-16(33)30-13(18(34)35)8(7-37-17(12)30)6-28-2-1-10(22)29(28)3-4-31/h1-2,9,12,17,22,31H,3-7H2,(H4,23,24,25,27,32,34,35)/t9?,12-,17-/m1/s1. The van der Waals surface area contributed by atoms with Gasteiger partial charge in [-0.1, -0.05) is 5.16 Å². The number of aliphatic hydroxyl groups is 1. The molecule has 38 heavy (non-hydrogen) atoms. The number of anilines is 2. The lowest BCUT2D eigenvalue weighted by atomic mass is 10.0. The van der Waals surface area contributed by atoms with Crippen molar-refractivity contribution in [1.29, 1.82) is 0 Å². The highest BCUT2D eigenvalue weighted by molar-refractivity contribution is 8.00. The lowest BCUT2D eigenvalue weighted by Gasteiger charge is -2.50. The summed E-state index contributed by atoms with van der Waals surface area (Å²) in [6, 6.07) is 0.397. The van der Waals surface area contributed by atoms with E-state index in [-0.39, 0.29) is 42.1 Å². The minimum absolute atomic E-state index is 0.0439. The van der Waals surface area contributed by atoms with Crippen molar-refractivity contribution in [1.82, 2.24) is 24.3 Å². The molecule has 3 atom stereocenters. The summed E-state index contributed by atoms with van der Waals surface area (Å²) in [6.45, 7) is -1.52. The number of oxime groups is 1. The van der Waals surface area contributed by atoms with Crippen molar-refractivity contribution in [2.24, 2.45) is 5.16 Å². The molecule has 15 nitrogen and oxygen atoms in total. The Morgan fingerprint density at radius 1 is 1.45 bits per heavy atom. The molecule has 2 aromatic heterocycles. The number of carbonyl (C=O) groups excluding carboxylic acids is 3. The maximum Gasteiger partial charge on any atom is 0.292 e. The summed E-state index contributed by atoms with van der Waals surface area (Å²) in [7, 11) is 0. The van der Waals surface area contributed by atoms with Gasteiger partial charge >= 0.3 is 0 Å². The van der Waals surface area contributed by atoms with E-state index in [1.165, 1.54) is 11.8 Å². The summed E-state index contributed by atoms with van der Waals surface area (Å²) >= 11 is 1.89. The van der Waals surface area contributed by atoms with Crippen molar-refractivity contribution in [3.8, 4) is 0 Å². The first-order valence-corrected chi connectivity index (χ1v) is 12.7. The van der Waals surface area contributed by atoms with Crippen LogP contribution < -0.4 is 26.6 Å². The Morgan fingerprint density at radius 2 is 2.21 bits per heavy atom. The number of halogens is 2. The Kier molecular flexibility index (Phi) is 8.07. The van der Waals surface area contributed by atoms with Crippen molar-refractivity contribution in [2.75, 3.05) is 30.5 Å². The third kappa shape index (κ3) is 5.24. The van der Waals surface area contributed by atoms with Gasteiger partial charge in [0.1, 0.15) is 18.0 Å². The average Bonchev–Trinajstić information content (AvgIpc) is 3.47. The Bertz CT molecular complexity index is 1320. The van der Waals surface area contributed by atoms with Crippen molar-refractivity contribution >= 4 is 57.7 Å². The molecule has 204 valence electrons. The van der Waals surface area contributed by atoms with Gasteiger partial charge in [0.15, 0.2) is 30.4 Å². The second-order valence-corrected chi connectivity index (χ2v) is 9.74. The van der Waals surface area contributed by atoms with Gasteiger partial charge in [-0.2, -0.15) is 13.7 Å². The summed E-state index contributed by atoms with van der Waals surface area (Å²) in [5, 5.41) is 26.1. The molecular weight excluding hydrogens is 552 g/mol. The number of thioether (sulfide) groups is 1. The molecule has 2 amide bonds. The van der Waals surface area contributed by atoms with Crippen LogP contribution in [0.1, 0.15) is 5.82 Å². The van der Waals surface area contributed by atoms with Crippen LogP contribution >= 0.6 is 23.3 Å². The van der Waals surface area contributed by atoms with Gasteiger partial charge in [0.05, 0.1) is 24.3 Å². The molecule has 1 unspecified atom stereocenters. The number of nitrogens with zero attached hydrogens (tertiary/aromatic N) is 6. The Balaban J connectivity index is 1.54. The van der Waals surface area contributed by atoms with Crippen LogP contribution in [0.4, 0.5) is 19.7 Å². The van der Waals surface area contributed by atoms with E-state index in [2.05, 4.69) is 24.7 Å². The first-order chi connectivity index (χ1) is 18.2. The van der Waals surface area contributed by atoms with Gasteiger partial charge in [0.25, 0.3) is 18.2 Å². The summed E-state index contributed by atoms with van der Waals surface area (Å²) in [5.41, 5.74) is 10.8. The molecule has 1 fully saturated rings. The zero-order valence-electron chi connectivity index (χ0n) is 19.3. The number of nitrogen functional groups attached to an aromatic ring is 2. The number of nitrogens with two attached hydrogens (primary N) is 2. The molecule has 0 bridgehead atoms. The predicted molar refractivity (Wildman–Crippen MR) is 126 cm³/mol. The Labute approximate surface area is 220 Å². The number of aromatic nitrogens is 4. The second-order valence-electron chi connectivity index (χ2n) is 7.85. The lowest BCUT2D eigenvalue weighted by molar-refractivity contribution is -0.767. The topological polar surface area (TPSA) is 218 Å². The molecule has 0 saturated carbocycles. The molecule has 19 heteroatoms. The van der Waals surface area contributed by atoms with Crippen LogP contribution in [0.15, 0.2) is 28.7 Å². The first-order valence-electron chi connectivity index (χ1n) is 10.8. The molecule has 0 aliphatic carbocycles. The van der Waals surface area contributed by atoms with E-state index in [1.807, 2.05) is 0 Å². The lowest BCUT2D eigenvalue weighted by Crippen LogP contribution is -2.71. The van der Waals surface area contributed by atoms with E-state index in [4.69, 9.17) is 11.5 Å². The van der Waals surface area contributed by atoms with Crippen LogP contribution in [0.25, 0.3) is 0 Å². The van der Waals surface area contributed by atoms with Crippen molar-refractivity contribution < 1.29 is 42.9 Å². The van der Waals surface area contributed by atoms with Crippen LogP contribution in [0, 0.1) is 0 Å². The van der Waals surface area contributed by atoms with Crippen LogP contribution in [0.2, 0.25) is 0 Å². The highest BCUT2D eigenvalue weighted by Gasteiger charge is 2.53. The van der Waals surface area contributed by atoms with Gasteiger partial charge in [0.2, 0.25) is 11.5 Å². The van der Waals surface area contributed by atoms with Crippen molar-refractivity contribution in [2.45, 2.75) is 30.9 Å². The molecule has 0 aromatic carbocycles. The van der Waals surface area contributed by atoms with E-state index in [0.717, 1.165) is 4.90 Å². The zero-order chi connectivity index (χ0) is 27.6. The zero-order valence-corrected chi connectivity index (χ0v) is 21.0. The summed E-state index contributed by atoms with van der Waals surface area (Å²) in [4.78, 5) is 47.0. The maximum absolute atomic E-state index is 13.2. The van der Waals surface area contributed by atoms with Crippen LogP contribution in [0.3, 0.4) is 0 Å². The minimum Gasteiger partial charge on any atom is -0.543 e. The van der Waals surface area contributed by atoms with Gasteiger partial charge in [0, 0.05) is 22.9 Å². The fourth-order valence-electron chi connectivity index (χ4n) is 3.82. The number of carboxylic acid groups (broad SMARTS) is 1. The number of aliphatic carboxylic acids is 1. The van der Waals surface area contributed by atoms with Gasteiger partial charge in [-0.05, 0) is 0 Å². The molecule has 1 saturated heterocycles. The van der Waals surface area contributed by atoms with Crippen LogP contribution in [-0.4, -0.2) is 84.3 Å². The minimum atomic E-state index is -2.45. The molecule has 0 spiro atoms. The number of carbonyl (C=O) groups is 3. The number of β-lactam (4-membered cyclic amide) rings is 1. The quantitative estimate of drug-likeness (QED) is 0.0912. The average molecular weight is 574 g/mol. The third-order valence-electron chi connectivity index (χ3n) is 5.47. The van der Waals surface area contributed by atoms with E-state index >= 15 is 0 Å². The number of alkyl halides is 2. The molecular formula is C19H21F2N9O6S2. The van der Waals surface area contributed by atoms with E-state index in [1.54, 1.807) is 21.6 Å². The molecule has 2 aliphatic rings. The summed E-state index contributed by atoms with van der Waals surface area (Å²) in [5.74, 6) is -3.21. The van der Waals surface area contributed by atoms with Crippen LogP contribution in [-0.2, 0) is 32.3 Å². The predicted octanol–water partition coefficient (Wildman–Crippen LogP) is -3.13. The van der Waals surface area contributed by atoms with E-state index in [9.17, 15) is 33.4 Å². The molecule has 2 aliphatic heterocycles. The largest absolute Gasteiger partial charge is 0.543 e. The number of amides is 2. The van der Waals surface area contributed by atoms with Crippen molar-refractivity contribution in [3.05, 3.63) is 29.4 Å². The first kappa shape index (κ1) is 27.2. The highest BCUT2D eigenvalue weighted by atomic mass is 32.2. The SMILES string of the molecule is Nc1nc(C(=NOC(F)CF)C(=O)N[C@@H]2C(=O)N3C(C(=O)[O-])=C(C[n+]4ccc(N)n4CCO)CS[C@H]23)ns1. The summed E-state index contributed by atoms with van der Waals surface area (Å²) in [6.07, 6.45) is -0.847. The molecule has 2 aromatic rings. The van der Waals surface area contributed by atoms with Crippen LogP contribution in [0.5, 0.6) is 0 Å². The Hall–Kier alpha value is -3.84. The molecule has 6 N–H and O–H groups in total. The molecule has 4 rings (SSSR count). The number of carboxylic acids is 1. The van der Waals surface area contributed by atoms with Gasteiger partial charge in [-0.25, -0.2) is 4.39 Å². The number of rotatable bonds is 11. The fourth-order valence-corrected chi connectivity index (χ4v) is 5.59. The number of aliphatic hydroxyl groups excluding tert-OH is 1. The molecule has 0 radical (unpaired) electrons. The number of nitrogens with one attached hydrogen (secondary N) is 1. The van der Waals surface area contributed by atoms with Gasteiger partial charge < -0.3 is 36.6 Å². The fraction of sp³-hybridized carbons (Fsp3) is 0.421. The van der Waals surface area contributed by atoms with Gasteiger partial charge in [-0.15, -0.1) is 21.1 Å². The number of fused-ring (bicyclic) bond motifs is 1.